The monoisotopic (exact) mass is 334 g/mol. The zero-order valence-corrected chi connectivity index (χ0v) is 15.5. The Kier molecular flexibility index (Phi) is 6.58. The van der Waals surface area contributed by atoms with E-state index in [1.807, 2.05) is 12.1 Å². The maximum atomic E-state index is 11.7. The number of unbranched alkanes of at least 4 members (excludes halogenated alkanes) is 3. The van der Waals surface area contributed by atoms with Gasteiger partial charge in [0.05, 0.1) is 10.8 Å². The Bertz CT molecular complexity index is 600. The van der Waals surface area contributed by atoms with Crippen LogP contribution >= 0.6 is 0 Å². The van der Waals surface area contributed by atoms with Crippen LogP contribution in [0.1, 0.15) is 77.0 Å². The summed E-state index contributed by atoms with van der Waals surface area (Å²) in [5.74, 6) is -1.91. The minimum absolute atomic E-state index is 0.569. The number of hydrogen-bond acceptors (Lipinski definition) is 2. The summed E-state index contributed by atoms with van der Waals surface area (Å²) in [6, 6.07) is 5.62. The van der Waals surface area contributed by atoms with Crippen LogP contribution in [0, 0.1) is 0 Å². The molecule has 0 radical (unpaired) electrons. The lowest BCUT2D eigenvalue weighted by Gasteiger charge is -2.30. The zero-order valence-electron chi connectivity index (χ0n) is 15.5. The molecule has 0 amide bonds. The van der Waals surface area contributed by atoms with Gasteiger partial charge in [0.1, 0.15) is 0 Å². The highest BCUT2D eigenvalue weighted by atomic mass is 16.4. The van der Waals surface area contributed by atoms with Gasteiger partial charge in [-0.2, -0.15) is 0 Å². The molecule has 134 valence electrons. The van der Waals surface area contributed by atoms with E-state index in [0.29, 0.717) is 11.1 Å². The van der Waals surface area contributed by atoms with Crippen molar-refractivity contribution in [2.45, 2.75) is 77.6 Å². The van der Waals surface area contributed by atoms with Crippen LogP contribution in [0.4, 0.5) is 0 Å². The third kappa shape index (κ3) is 4.37. The normalized spacial score (nSPS) is 12.2. The summed E-state index contributed by atoms with van der Waals surface area (Å²) in [6.07, 6.45) is 5.45. The van der Waals surface area contributed by atoms with Gasteiger partial charge in [0.25, 0.3) is 0 Å². The van der Waals surface area contributed by atoms with E-state index in [9.17, 15) is 19.8 Å². The fourth-order valence-corrected chi connectivity index (χ4v) is 2.80. The molecule has 0 heterocycles. The molecule has 1 aromatic rings. The summed E-state index contributed by atoms with van der Waals surface area (Å²) in [4.78, 5) is 23.4. The SMILES string of the molecule is CCCCCCc1ccc(C(C)(C)C(=O)O)c(C(C)(C)C(=O)O)c1. The first-order valence-corrected chi connectivity index (χ1v) is 8.65. The van der Waals surface area contributed by atoms with Crippen molar-refractivity contribution < 1.29 is 19.8 Å². The predicted molar refractivity (Wildman–Crippen MR) is 95.6 cm³/mol. The third-order valence-corrected chi connectivity index (χ3v) is 4.82. The minimum Gasteiger partial charge on any atom is -0.481 e. The summed E-state index contributed by atoms with van der Waals surface area (Å²) in [5.41, 5.74) is -0.0416. The largest absolute Gasteiger partial charge is 0.481 e. The number of rotatable bonds is 9. The molecule has 0 atom stereocenters. The van der Waals surface area contributed by atoms with E-state index in [4.69, 9.17) is 0 Å². The second-order valence-electron chi connectivity index (χ2n) is 7.55. The second-order valence-corrected chi connectivity index (χ2v) is 7.55. The van der Waals surface area contributed by atoms with Crippen molar-refractivity contribution in [1.29, 1.82) is 0 Å². The molecule has 0 saturated heterocycles. The van der Waals surface area contributed by atoms with Crippen molar-refractivity contribution >= 4 is 11.9 Å². The van der Waals surface area contributed by atoms with E-state index in [2.05, 4.69) is 6.92 Å². The molecule has 0 aliphatic rings. The summed E-state index contributed by atoms with van der Waals surface area (Å²) in [6.45, 7) is 8.66. The molecule has 0 aliphatic carbocycles. The summed E-state index contributed by atoms with van der Waals surface area (Å²) in [5, 5.41) is 19.2. The first kappa shape index (κ1) is 20.2. The van der Waals surface area contributed by atoms with Crippen LogP contribution in [0.2, 0.25) is 0 Å². The van der Waals surface area contributed by atoms with Crippen LogP contribution < -0.4 is 0 Å². The van der Waals surface area contributed by atoms with Crippen LogP contribution in [0.15, 0.2) is 18.2 Å². The molecule has 1 rings (SSSR count). The molecule has 4 heteroatoms. The smallest absolute Gasteiger partial charge is 0.313 e. The average Bonchev–Trinajstić information content (AvgIpc) is 2.51. The van der Waals surface area contributed by atoms with Crippen LogP contribution in [0.3, 0.4) is 0 Å². The molecule has 0 unspecified atom stereocenters. The standard InChI is InChI=1S/C20H30O4/c1-6-7-8-9-10-14-11-12-15(19(2,3)17(21)22)16(13-14)20(4,5)18(23)24/h11-13H,6-10H2,1-5H3,(H,21,22)(H,23,24). The Morgan fingerprint density at radius 2 is 1.42 bits per heavy atom. The molecule has 24 heavy (non-hydrogen) atoms. The topological polar surface area (TPSA) is 74.6 Å². The van der Waals surface area contributed by atoms with Gasteiger partial charge >= 0.3 is 11.9 Å². The lowest BCUT2D eigenvalue weighted by molar-refractivity contribution is -0.144. The van der Waals surface area contributed by atoms with Crippen LogP contribution in [0.25, 0.3) is 0 Å². The van der Waals surface area contributed by atoms with E-state index >= 15 is 0 Å². The van der Waals surface area contributed by atoms with Crippen molar-refractivity contribution in [3.8, 4) is 0 Å². The zero-order chi connectivity index (χ0) is 18.5. The maximum absolute atomic E-state index is 11.7. The van der Waals surface area contributed by atoms with Crippen molar-refractivity contribution in [2.24, 2.45) is 0 Å². The number of aryl methyl sites for hydroxylation is 1. The highest BCUT2D eigenvalue weighted by molar-refractivity contribution is 5.85. The van der Waals surface area contributed by atoms with Gasteiger partial charge in [-0.25, -0.2) is 0 Å². The van der Waals surface area contributed by atoms with Crippen molar-refractivity contribution in [2.75, 3.05) is 0 Å². The fraction of sp³-hybridized carbons (Fsp3) is 0.600. The van der Waals surface area contributed by atoms with Crippen molar-refractivity contribution in [3.05, 3.63) is 34.9 Å². The summed E-state index contributed by atoms with van der Waals surface area (Å²) in [7, 11) is 0. The quantitative estimate of drug-likeness (QED) is 0.650. The first-order valence-electron chi connectivity index (χ1n) is 8.65. The maximum Gasteiger partial charge on any atom is 0.313 e. The van der Waals surface area contributed by atoms with Gasteiger partial charge in [0, 0.05) is 0 Å². The van der Waals surface area contributed by atoms with Crippen LogP contribution in [-0.4, -0.2) is 22.2 Å². The highest BCUT2D eigenvalue weighted by Crippen LogP contribution is 2.35. The molecule has 1 aromatic carbocycles. The molecule has 4 nitrogen and oxygen atoms in total. The van der Waals surface area contributed by atoms with Gasteiger partial charge in [0.2, 0.25) is 0 Å². The van der Waals surface area contributed by atoms with Gasteiger partial charge < -0.3 is 10.2 Å². The molecular weight excluding hydrogens is 304 g/mol. The number of carbonyl (C=O) groups is 2. The molecule has 0 aliphatic heterocycles. The van der Waals surface area contributed by atoms with E-state index < -0.39 is 22.8 Å². The van der Waals surface area contributed by atoms with Gasteiger partial charge in [-0.15, -0.1) is 0 Å². The van der Waals surface area contributed by atoms with E-state index in [1.165, 1.54) is 12.8 Å². The lowest BCUT2D eigenvalue weighted by Crippen LogP contribution is -2.36. The highest BCUT2D eigenvalue weighted by Gasteiger charge is 2.39. The van der Waals surface area contributed by atoms with E-state index in [1.54, 1.807) is 33.8 Å². The third-order valence-electron chi connectivity index (χ3n) is 4.82. The molecule has 0 saturated carbocycles. The van der Waals surface area contributed by atoms with Crippen molar-refractivity contribution in [3.63, 3.8) is 0 Å². The lowest BCUT2D eigenvalue weighted by atomic mass is 9.72. The molecule has 2 N–H and O–H groups in total. The Balaban J connectivity index is 3.31. The molecule has 0 spiro atoms. The molecule has 0 aromatic heterocycles. The summed E-state index contributed by atoms with van der Waals surface area (Å²) >= 11 is 0. The summed E-state index contributed by atoms with van der Waals surface area (Å²) < 4.78 is 0. The minimum atomic E-state index is -1.14. The number of aliphatic carboxylic acids is 2. The number of carboxylic acids is 2. The Labute approximate surface area is 144 Å². The van der Waals surface area contributed by atoms with Gasteiger partial charge in [-0.05, 0) is 57.2 Å². The van der Waals surface area contributed by atoms with Crippen LogP contribution in [0.5, 0.6) is 0 Å². The average molecular weight is 334 g/mol. The van der Waals surface area contributed by atoms with Gasteiger partial charge in [-0.3, -0.25) is 9.59 Å². The first-order chi connectivity index (χ1) is 11.0. The Morgan fingerprint density at radius 1 is 0.875 bits per heavy atom. The number of carboxylic acid groups (broad SMARTS) is 2. The van der Waals surface area contributed by atoms with Gasteiger partial charge in [-0.1, -0.05) is 44.4 Å². The van der Waals surface area contributed by atoms with Gasteiger partial charge in [0.15, 0.2) is 0 Å². The van der Waals surface area contributed by atoms with Crippen molar-refractivity contribution in [1.82, 2.24) is 0 Å². The molecular formula is C20H30O4. The molecule has 0 fully saturated rings. The van der Waals surface area contributed by atoms with E-state index in [0.717, 1.165) is 24.8 Å². The number of hydrogen-bond donors (Lipinski definition) is 2. The van der Waals surface area contributed by atoms with Crippen LogP contribution in [-0.2, 0) is 26.8 Å². The second kappa shape index (κ2) is 7.82. The number of benzene rings is 1. The Morgan fingerprint density at radius 3 is 1.92 bits per heavy atom. The fourth-order valence-electron chi connectivity index (χ4n) is 2.80. The van der Waals surface area contributed by atoms with E-state index in [-0.39, 0.29) is 0 Å². The predicted octanol–water partition coefficient (Wildman–Crippen LogP) is 4.53. The molecule has 0 bridgehead atoms. The Hall–Kier alpha value is -1.84.